The molecular formula is C17H22N2O5. The summed E-state index contributed by atoms with van der Waals surface area (Å²) in [6.45, 7) is 5.33. The lowest BCUT2D eigenvalue weighted by molar-refractivity contribution is 0.0635. The molecule has 0 aromatic heterocycles. The number of ether oxygens (including phenoxy) is 3. The zero-order valence-corrected chi connectivity index (χ0v) is 14.6. The number of rotatable bonds is 5. The van der Waals surface area contributed by atoms with Crippen molar-refractivity contribution in [3.63, 3.8) is 0 Å². The molecule has 1 saturated carbocycles. The summed E-state index contributed by atoms with van der Waals surface area (Å²) < 4.78 is 16.0. The highest BCUT2D eigenvalue weighted by Crippen LogP contribution is 2.52. The van der Waals surface area contributed by atoms with Crippen molar-refractivity contribution < 1.29 is 23.8 Å². The third-order valence-corrected chi connectivity index (χ3v) is 3.64. The molecule has 1 fully saturated rings. The zero-order valence-electron chi connectivity index (χ0n) is 14.6. The van der Waals surface area contributed by atoms with E-state index in [1.165, 1.54) is 14.2 Å². The molecule has 0 atom stereocenters. The number of amides is 1. The summed E-state index contributed by atoms with van der Waals surface area (Å²) in [5, 5.41) is 2.67. The number of methoxy groups -OCH3 is 2. The number of isocyanates is 1. The minimum absolute atomic E-state index is 0.373. The maximum atomic E-state index is 12.1. The average Bonchev–Trinajstić information content (AvgIpc) is 3.25. The fraction of sp³-hybridized carbons (Fsp3) is 0.529. The normalized spacial score (nSPS) is 15.0. The lowest BCUT2D eigenvalue weighted by Gasteiger charge is -2.22. The Morgan fingerprint density at radius 2 is 1.92 bits per heavy atom. The molecule has 0 bridgehead atoms. The fourth-order valence-electron chi connectivity index (χ4n) is 2.41. The zero-order chi connectivity index (χ0) is 18.0. The number of hydrogen-bond acceptors (Lipinski definition) is 6. The van der Waals surface area contributed by atoms with Gasteiger partial charge in [-0.2, -0.15) is 4.99 Å². The van der Waals surface area contributed by atoms with Gasteiger partial charge < -0.3 is 14.2 Å². The summed E-state index contributed by atoms with van der Waals surface area (Å²) in [7, 11) is 2.98. The molecule has 7 heteroatoms. The number of nitrogens with zero attached hydrogens (tertiary/aromatic N) is 1. The molecule has 1 aliphatic rings. The van der Waals surface area contributed by atoms with Crippen LogP contribution in [0, 0.1) is 0 Å². The van der Waals surface area contributed by atoms with E-state index in [2.05, 4.69) is 10.3 Å². The van der Waals surface area contributed by atoms with Crippen LogP contribution in [-0.2, 0) is 15.1 Å². The number of benzene rings is 1. The highest BCUT2D eigenvalue weighted by atomic mass is 16.6. The third kappa shape index (κ3) is 3.86. The van der Waals surface area contributed by atoms with E-state index in [1.807, 2.05) is 0 Å². The number of nitrogens with one attached hydrogen (secondary N) is 1. The van der Waals surface area contributed by atoms with Crippen molar-refractivity contribution in [2.75, 3.05) is 19.5 Å². The second-order valence-electron chi connectivity index (χ2n) is 6.62. The molecule has 1 amide bonds. The summed E-state index contributed by atoms with van der Waals surface area (Å²) in [5.74, 6) is 0.812. The van der Waals surface area contributed by atoms with Crippen molar-refractivity contribution >= 4 is 17.9 Å². The summed E-state index contributed by atoms with van der Waals surface area (Å²) >= 11 is 0. The maximum Gasteiger partial charge on any atom is 0.412 e. The molecule has 2 rings (SSSR count). The van der Waals surface area contributed by atoms with E-state index in [4.69, 9.17) is 14.2 Å². The van der Waals surface area contributed by atoms with Crippen LogP contribution in [0.4, 0.5) is 10.5 Å². The lowest BCUT2D eigenvalue weighted by atomic mass is 10.0. The minimum atomic E-state index is -0.626. The predicted molar refractivity (Wildman–Crippen MR) is 88.4 cm³/mol. The maximum absolute atomic E-state index is 12.1. The van der Waals surface area contributed by atoms with Crippen molar-refractivity contribution in [3.05, 3.63) is 17.7 Å². The van der Waals surface area contributed by atoms with E-state index in [-0.39, 0.29) is 0 Å². The van der Waals surface area contributed by atoms with Gasteiger partial charge in [-0.05, 0) is 51.3 Å². The van der Waals surface area contributed by atoms with Crippen molar-refractivity contribution in [1.29, 1.82) is 0 Å². The summed E-state index contributed by atoms with van der Waals surface area (Å²) in [5.41, 5.74) is -0.0625. The van der Waals surface area contributed by atoms with Gasteiger partial charge in [0.05, 0.1) is 25.4 Å². The number of aliphatic imine (C=N–C) groups is 1. The molecule has 7 nitrogen and oxygen atoms in total. The van der Waals surface area contributed by atoms with Crippen LogP contribution in [-0.4, -0.2) is 32.0 Å². The first-order valence-electron chi connectivity index (χ1n) is 7.60. The van der Waals surface area contributed by atoms with E-state index < -0.39 is 17.2 Å². The molecule has 1 N–H and O–H groups in total. The van der Waals surface area contributed by atoms with Gasteiger partial charge in [0.15, 0.2) is 11.5 Å². The molecular weight excluding hydrogens is 312 g/mol. The predicted octanol–water partition coefficient (Wildman–Crippen LogP) is 3.38. The van der Waals surface area contributed by atoms with Gasteiger partial charge in [0.2, 0.25) is 6.08 Å². The van der Waals surface area contributed by atoms with Crippen LogP contribution in [0.1, 0.15) is 39.2 Å². The SMILES string of the molecule is COc1cc(C2(N=C=O)CC2)cc(NC(=O)OC(C)(C)C)c1OC. The Labute approximate surface area is 141 Å². The van der Waals surface area contributed by atoms with Crippen LogP contribution >= 0.6 is 0 Å². The van der Waals surface area contributed by atoms with Crippen molar-refractivity contribution in [2.24, 2.45) is 4.99 Å². The quantitative estimate of drug-likeness (QED) is 0.659. The lowest BCUT2D eigenvalue weighted by Crippen LogP contribution is -2.27. The number of hydrogen-bond donors (Lipinski definition) is 1. The Balaban J connectivity index is 2.41. The topological polar surface area (TPSA) is 86.2 Å². The van der Waals surface area contributed by atoms with Gasteiger partial charge in [-0.1, -0.05) is 0 Å². The number of carbonyl (C=O) groups is 1. The van der Waals surface area contributed by atoms with Gasteiger partial charge in [0.1, 0.15) is 5.60 Å². The molecule has 1 aromatic rings. The number of carbonyl (C=O) groups excluding carboxylic acids is 2. The molecule has 1 aliphatic carbocycles. The number of anilines is 1. The molecule has 24 heavy (non-hydrogen) atoms. The molecule has 130 valence electrons. The van der Waals surface area contributed by atoms with Crippen LogP contribution in [0.3, 0.4) is 0 Å². The first-order valence-corrected chi connectivity index (χ1v) is 7.60. The summed E-state index contributed by atoms with van der Waals surface area (Å²) in [4.78, 5) is 26.7. The van der Waals surface area contributed by atoms with Crippen molar-refractivity contribution in [3.8, 4) is 11.5 Å². The van der Waals surface area contributed by atoms with Crippen LogP contribution in [0.25, 0.3) is 0 Å². The first-order chi connectivity index (χ1) is 11.2. The summed E-state index contributed by atoms with van der Waals surface area (Å²) in [6.07, 6.45) is 2.49. The standard InChI is InChI=1S/C17H22N2O5/c1-16(2,3)24-15(21)19-12-8-11(17(6-7-17)18-10-20)9-13(22-4)14(12)23-5/h8-9H,6-7H2,1-5H3,(H,19,21). The molecule has 0 radical (unpaired) electrons. The van der Waals surface area contributed by atoms with Gasteiger partial charge in [-0.15, -0.1) is 0 Å². The second-order valence-corrected chi connectivity index (χ2v) is 6.62. The Morgan fingerprint density at radius 3 is 2.38 bits per heavy atom. The van der Waals surface area contributed by atoms with Crippen molar-refractivity contribution in [1.82, 2.24) is 0 Å². The van der Waals surface area contributed by atoms with Crippen LogP contribution < -0.4 is 14.8 Å². The molecule has 0 unspecified atom stereocenters. The van der Waals surface area contributed by atoms with Crippen LogP contribution in [0.2, 0.25) is 0 Å². The Morgan fingerprint density at radius 1 is 1.25 bits per heavy atom. The van der Waals surface area contributed by atoms with E-state index >= 15 is 0 Å². The van der Waals surface area contributed by atoms with Gasteiger partial charge >= 0.3 is 6.09 Å². The van der Waals surface area contributed by atoms with E-state index in [1.54, 1.807) is 39.0 Å². The monoisotopic (exact) mass is 334 g/mol. The van der Waals surface area contributed by atoms with Gasteiger partial charge in [0, 0.05) is 0 Å². The van der Waals surface area contributed by atoms with Crippen LogP contribution in [0.5, 0.6) is 11.5 Å². The Kier molecular flexibility index (Phi) is 4.85. The minimum Gasteiger partial charge on any atom is -0.493 e. The molecule has 0 spiro atoms. The van der Waals surface area contributed by atoms with E-state index in [9.17, 15) is 9.59 Å². The average molecular weight is 334 g/mol. The van der Waals surface area contributed by atoms with E-state index in [0.717, 1.165) is 18.4 Å². The third-order valence-electron chi connectivity index (χ3n) is 3.64. The summed E-state index contributed by atoms with van der Waals surface area (Å²) in [6, 6.07) is 3.48. The fourth-order valence-corrected chi connectivity index (χ4v) is 2.41. The van der Waals surface area contributed by atoms with E-state index in [0.29, 0.717) is 17.2 Å². The van der Waals surface area contributed by atoms with Gasteiger partial charge in [-0.3, -0.25) is 5.32 Å². The first kappa shape index (κ1) is 17.8. The second kappa shape index (κ2) is 6.53. The van der Waals surface area contributed by atoms with Gasteiger partial charge in [0.25, 0.3) is 0 Å². The van der Waals surface area contributed by atoms with Crippen molar-refractivity contribution in [2.45, 2.75) is 44.8 Å². The molecule has 0 aliphatic heterocycles. The molecule has 0 heterocycles. The Hall–Kier alpha value is -2.53. The highest BCUT2D eigenvalue weighted by Gasteiger charge is 2.45. The highest BCUT2D eigenvalue weighted by molar-refractivity contribution is 5.88. The van der Waals surface area contributed by atoms with Crippen LogP contribution in [0.15, 0.2) is 17.1 Å². The Bertz CT molecular complexity index is 683. The molecule has 0 saturated heterocycles. The van der Waals surface area contributed by atoms with Gasteiger partial charge in [-0.25, -0.2) is 9.59 Å². The largest absolute Gasteiger partial charge is 0.493 e. The smallest absolute Gasteiger partial charge is 0.412 e. The molecule has 1 aromatic carbocycles.